The van der Waals surface area contributed by atoms with Crippen molar-refractivity contribution in [1.82, 2.24) is 5.32 Å². The van der Waals surface area contributed by atoms with E-state index in [-0.39, 0.29) is 5.78 Å². The number of rotatable bonds is 3. The molecule has 1 fully saturated rings. The van der Waals surface area contributed by atoms with E-state index in [9.17, 15) is 4.79 Å². The number of piperidine rings is 1. The van der Waals surface area contributed by atoms with E-state index in [0.717, 1.165) is 48.2 Å². The molecule has 2 aromatic carbocycles. The molecule has 2 nitrogen and oxygen atoms in total. The minimum atomic E-state index is 0.0714. The molecular weight excluding hydrogens is 341 g/mol. The van der Waals surface area contributed by atoms with Gasteiger partial charge in [0.05, 0.1) is 0 Å². The van der Waals surface area contributed by atoms with Gasteiger partial charge in [-0.3, -0.25) is 4.79 Å². The molecule has 0 aromatic heterocycles. The van der Waals surface area contributed by atoms with Crippen molar-refractivity contribution in [3.05, 3.63) is 74.8 Å². The Hall–Kier alpha value is -1.61. The van der Waals surface area contributed by atoms with Crippen molar-refractivity contribution in [2.45, 2.75) is 19.8 Å². The molecule has 1 heterocycles. The molecule has 0 atom stereocenters. The third-order valence-electron chi connectivity index (χ3n) is 4.34. The first-order valence-electron chi connectivity index (χ1n) is 8.06. The Bertz CT molecular complexity index is 786. The Labute approximate surface area is 152 Å². The molecule has 1 saturated heterocycles. The first-order valence-corrected chi connectivity index (χ1v) is 8.81. The average molecular weight is 360 g/mol. The second-order valence-corrected chi connectivity index (χ2v) is 6.83. The van der Waals surface area contributed by atoms with Gasteiger partial charge in [0, 0.05) is 21.2 Å². The van der Waals surface area contributed by atoms with Crippen molar-refractivity contribution >= 4 is 34.6 Å². The van der Waals surface area contributed by atoms with Crippen LogP contribution >= 0.6 is 23.2 Å². The maximum atomic E-state index is 11.5. The summed E-state index contributed by atoms with van der Waals surface area (Å²) in [6.07, 6.45) is 1.98. The zero-order valence-electron chi connectivity index (χ0n) is 13.5. The Kier molecular flexibility index (Phi) is 5.40. The van der Waals surface area contributed by atoms with Crippen molar-refractivity contribution in [1.29, 1.82) is 0 Å². The Morgan fingerprint density at radius 1 is 0.958 bits per heavy atom. The number of benzene rings is 2. The summed E-state index contributed by atoms with van der Waals surface area (Å²) in [6.45, 7) is 3.52. The third-order valence-corrected chi connectivity index (χ3v) is 4.89. The molecule has 0 spiro atoms. The summed E-state index contributed by atoms with van der Waals surface area (Å²) in [5.74, 6) is 0.0714. The van der Waals surface area contributed by atoms with E-state index in [1.807, 2.05) is 36.4 Å². The number of halogens is 2. The number of ketones is 1. The maximum Gasteiger partial charge on any atom is 0.159 e. The number of Topliss-reactive ketones (excluding diaryl/α,β-unsaturated/α-hetero) is 1. The molecule has 0 aliphatic carbocycles. The molecular formula is C20H19Cl2NO. The number of hydrogen-bond acceptors (Lipinski definition) is 2. The number of carbonyl (C=O) groups excluding carboxylic acids is 1. The maximum absolute atomic E-state index is 11.5. The smallest absolute Gasteiger partial charge is 0.159 e. The van der Waals surface area contributed by atoms with Gasteiger partial charge >= 0.3 is 0 Å². The molecule has 0 bridgehead atoms. The highest BCUT2D eigenvalue weighted by Crippen LogP contribution is 2.36. The van der Waals surface area contributed by atoms with Crippen LogP contribution in [-0.2, 0) is 0 Å². The fraction of sp³-hybridized carbons (Fsp3) is 0.250. The van der Waals surface area contributed by atoms with Gasteiger partial charge in [-0.2, -0.15) is 0 Å². The van der Waals surface area contributed by atoms with Gasteiger partial charge < -0.3 is 5.32 Å². The second kappa shape index (κ2) is 7.52. The minimum absolute atomic E-state index is 0.0714. The van der Waals surface area contributed by atoms with Gasteiger partial charge in [-0.05, 0) is 56.1 Å². The molecule has 4 heteroatoms. The standard InChI is InChI=1S/C20H19Cl2NO/c1-13(24)14-2-4-15(5-3-14)20(16-8-10-23-11-9-16)18-7-6-17(21)12-19(18)22/h2-7,12,23H,8-11H2,1H3. The molecule has 24 heavy (non-hydrogen) atoms. The van der Waals surface area contributed by atoms with Crippen LogP contribution in [0.4, 0.5) is 0 Å². The van der Waals surface area contributed by atoms with Crippen molar-refractivity contribution in [2.75, 3.05) is 13.1 Å². The topological polar surface area (TPSA) is 29.1 Å². The predicted octanol–water partition coefficient (Wildman–Crippen LogP) is 5.38. The lowest BCUT2D eigenvalue weighted by atomic mass is 9.88. The molecule has 124 valence electrons. The molecule has 1 aliphatic rings. The number of nitrogens with one attached hydrogen (secondary N) is 1. The van der Waals surface area contributed by atoms with Crippen LogP contribution in [0.2, 0.25) is 10.0 Å². The quantitative estimate of drug-likeness (QED) is 0.745. The summed E-state index contributed by atoms with van der Waals surface area (Å²) in [7, 11) is 0. The monoisotopic (exact) mass is 359 g/mol. The van der Waals surface area contributed by atoms with Gasteiger partial charge in [-0.25, -0.2) is 0 Å². The van der Waals surface area contributed by atoms with Gasteiger partial charge in [0.25, 0.3) is 0 Å². The van der Waals surface area contributed by atoms with Gasteiger partial charge in [-0.15, -0.1) is 0 Å². The molecule has 0 unspecified atom stereocenters. The molecule has 1 aliphatic heterocycles. The fourth-order valence-corrected chi connectivity index (χ4v) is 3.60. The van der Waals surface area contributed by atoms with E-state index in [0.29, 0.717) is 10.0 Å². The molecule has 0 amide bonds. The second-order valence-electron chi connectivity index (χ2n) is 5.99. The van der Waals surface area contributed by atoms with Crippen LogP contribution in [-0.4, -0.2) is 18.9 Å². The van der Waals surface area contributed by atoms with Crippen LogP contribution in [0.25, 0.3) is 5.57 Å². The molecule has 2 aromatic rings. The molecule has 0 saturated carbocycles. The lowest BCUT2D eigenvalue weighted by Crippen LogP contribution is -2.23. The van der Waals surface area contributed by atoms with Gasteiger partial charge in [-0.1, -0.05) is 59.1 Å². The summed E-state index contributed by atoms with van der Waals surface area (Å²) in [5, 5.41) is 4.67. The van der Waals surface area contributed by atoms with Crippen molar-refractivity contribution in [3.8, 4) is 0 Å². The number of hydrogen-bond donors (Lipinski definition) is 1. The van der Waals surface area contributed by atoms with E-state index in [1.54, 1.807) is 13.0 Å². The summed E-state index contributed by atoms with van der Waals surface area (Å²) >= 11 is 12.5. The zero-order valence-corrected chi connectivity index (χ0v) is 15.0. The van der Waals surface area contributed by atoms with Gasteiger partial charge in [0.15, 0.2) is 5.78 Å². The average Bonchev–Trinajstić information content (AvgIpc) is 2.58. The third kappa shape index (κ3) is 3.72. The van der Waals surface area contributed by atoms with Crippen LogP contribution < -0.4 is 5.32 Å². The predicted molar refractivity (Wildman–Crippen MR) is 101 cm³/mol. The minimum Gasteiger partial charge on any atom is -0.316 e. The number of carbonyl (C=O) groups is 1. The van der Waals surface area contributed by atoms with E-state index in [1.165, 1.54) is 5.57 Å². The summed E-state index contributed by atoms with van der Waals surface area (Å²) in [4.78, 5) is 11.5. The zero-order chi connectivity index (χ0) is 17.1. The van der Waals surface area contributed by atoms with Crippen LogP contribution in [0.1, 0.15) is 41.3 Å². The van der Waals surface area contributed by atoms with Crippen molar-refractivity contribution < 1.29 is 4.79 Å². The van der Waals surface area contributed by atoms with E-state index >= 15 is 0 Å². The Morgan fingerprint density at radius 3 is 2.17 bits per heavy atom. The van der Waals surface area contributed by atoms with Crippen molar-refractivity contribution in [3.63, 3.8) is 0 Å². The molecule has 3 rings (SSSR count). The van der Waals surface area contributed by atoms with Crippen LogP contribution in [0, 0.1) is 0 Å². The first kappa shape index (κ1) is 17.2. The summed E-state index contributed by atoms with van der Waals surface area (Å²) < 4.78 is 0. The normalized spacial score (nSPS) is 14.5. The Balaban J connectivity index is 2.13. The summed E-state index contributed by atoms with van der Waals surface area (Å²) in [5.41, 5.74) is 5.34. The van der Waals surface area contributed by atoms with Crippen LogP contribution in [0.3, 0.4) is 0 Å². The highest BCUT2D eigenvalue weighted by atomic mass is 35.5. The lowest BCUT2D eigenvalue weighted by molar-refractivity contribution is 0.101. The summed E-state index contributed by atoms with van der Waals surface area (Å²) in [6, 6.07) is 13.4. The van der Waals surface area contributed by atoms with Crippen LogP contribution in [0.15, 0.2) is 48.0 Å². The lowest BCUT2D eigenvalue weighted by Gasteiger charge is -2.22. The van der Waals surface area contributed by atoms with E-state index in [4.69, 9.17) is 23.2 Å². The van der Waals surface area contributed by atoms with Gasteiger partial charge in [0.1, 0.15) is 0 Å². The molecule has 0 radical (unpaired) electrons. The SMILES string of the molecule is CC(=O)c1ccc(C(=C2CCNCC2)c2ccc(Cl)cc2Cl)cc1. The first-order chi connectivity index (χ1) is 11.6. The van der Waals surface area contributed by atoms with Gasteiger partial charge in [0.2, 0.25) is 0 Å². The van der Waals surface area contributed by atoms with Crippen LogP contribution in [0.5, 0.6) is 0 Å². The largest absolute Gasteiger partial charge is 0.316 e. The Morgan fingerprint density at radius 2 is 1.58 bits per heavy atom. The van der Waals surface area contributed by atoms with Crippen molar-refractivity contribution in [2.24, 2.45) is 0 Å². The highest BCUT2D eigenvalue weighted by Gasteiger charge is 2.17. The molecule has 1 N–H and O–H groups in total. The fourth-order valence-electron chi connectivity index (χ4n) is 3.09. The van der Waals surface area contributed by atoms with E-state index < -0.39 is 0 Å². The highest BCUT2D eigenvalue weighted by molar-refractivity contribution is 6.35. The van der Waals surface area contributed by atoms with E-state index in [2.05, 4.69) is 5.32 Å².